The number of halogens is 1. The Balaban J connectivity index is 2.25. The van der Waals surface area contributed by atoms with Crippen LogP contribution in [0.5, 0.6) is 0 Å². The summed E-state index contributed by atoms with van der Waals surface area (Å²) in [6, 6.07) is 4.74. The average Bonchev–Trinajstić information content (AvgIpc) is 2.83. The Labute approximate surface area is 88.1 Å². The van der Waals surface area contributed by atoms with Gasteiger partial charge in [0.15, 0.2) is 0 Å². The fraction of sp³-hybridized carbons (Fsp3) is 0.600. The molecule has 0 radical (unpaired) electrons. The summed E-state index contributed by atoms with van der Waals surface area (Å²) in [6.45, 7) is 2.25. The normalized spacial score (nSPS) is 21.5. The van der Waals surface area contributed by atoms with Gasteiger partial charge in [-0.2, -0.15) is 0 Å². The molecule has 0 bridgehead atoms. The van der Waals surface area contributed by atoms with Gasteiger partial charge in [0.05, 0.1) is 4.34 Å². The van der Waals surface area contributed by atoms with Gasteiger partial charge in [-0.3, -0.25) is 0 Å². The minimum atomic E-state index is 0.395. The van der Waals surface area contributed by atoms with Crippen molar-refractivity contribution in [2.45, 2.75) is 31.2 Å². The summed E-state index contributed by atoms with van der Waals surface area (Å²) in [7, 11) is 2.03. The summed E-state index contributed by atoms with van der Waals surface area (Å²) in [5.41, 5.74) is 0.395. The Morgan fingerprint density at radius 1 is 1.54 bits per heavy atom. The van der Waals surface area contributed by atoms with E-state index in [1.807, 2.05) is 13.1 Å². The minimum Gasteiger partial charge on any atom is -0.316 e. The first-order valence-electron chi connectivity index (χ1n) is 4.62. The lowest BCUT2D eigenvalue weighted by Crippen LogP contribution is -2.34. The molecule has 3 heteroatoms. The van der Waals surface area contributed by atoms with Gasteiger partial charge in [0.25, 0.3) is 0 Å². The van der Waals surface area contributed by atoms with Gasteiger partial charge in [-0.05, 0) is 38.9 Å². The smallest absolute Gasteiger partial charge is 0.0931 e. The third-order valence-corrected chi connectivity index (χ3v) is 4.57. The lowest BCUT2D eigenvalue weighted by Gasteiger charge is -2.21. The first-order valence-corrected chi connectivity index (χ1v) is 5.81. The molecule has 1 fully saturated rings. The Morgan fingerprint density at radius 3 is 2.62 bits per heavy atom. The van der Waals surface area contributed by atoms with Crippen molar-refractivity contribution in [3.8, 4) is 0 Å². The number of thiophene rings is 1. The largest absolute Gasteiger partial charge is 0.316 e. The van der Waals surface area contributed by atoms with Gasteiger partial charge < -0.3 is 5.32 Å². The van der Waals surface area contributed by atoms with Crippen LogP contribution in [0.2, 0.25) is 4.34 Å². The van der Waals surface area contributed by atoms with Crippen molar-refractivity contribution in [3.05, 3.63) is 21.3 Å². The van der Waals surface area contributed by atoms with Crippen LogP contribution in [0.1, 0.15) is 24.6 Å². The molecule has 0 aliphatic heterocycles. The van der Waals surface area contributed by atoms with E-state index < -0.39 is 0 Å². The fourth-order valence-electron chi connectivity index (χ4n) is 1.89. The number of hydrogen-bond donors (Lipinski definition) is 1. The van der Waals surface area contributed by atoms with Crippen molar-refractivity contribution >= 4 is 22.9 Å². The Bertz CT molecular complexity index is 304. The summed E-state index contributed by atoms with van der Waals surface area (Å²) < 4.78 is 0.907. The molecule has 13 heavy (non-hydrogen) atoms. The van der Waals surface area contributed by atoms with Gasteiger partial charge in [-0.1, -0.05) is 11.6 Å². The van der Waals surface area contributed by atoms with Crippen LogP contribution in [0.15, 0.2) is 12.1 Å². The van der Waals surface area contributed by atoms with Crippen LogP contribution in [0.4, 0.5) is 0 Å². The van der Waals surface area contributed by atoms with Crippen LogP contribution in [0.3, 0.4) is 0 Å². The minimum absolute atomic E-state index is 0.395. The maximum Gasteiger partial charge on any atom is 0.0931 e. The van der Waals surface area contributed by atoms with Crippen molar-refractivity contribution in [3.63, 3.8) is 0 Å². The molecule has 1 nitrogen and oxygen atoms in total. The maximum atomic E-state index is 5.94. The van der Waals surface area contributed by atoms with Crippen LogP contribution in [0.25, 0.3) is 0 Å². The number of hydrogen-bond acceptors (Lipinski definition) is 2. The van der Waals surface area contributed by atoms with Gasteiger partial charge in [0.2, 0.25) is 0 Å². The van der Waals surface area contributed by atoms with Crippen molar-refractivity contribution < 1.29 is 0 Å². The Hall–Kier alpha value is -0.0500. The van der Waals surface area contributed by atoms with Gasteiger partial charge in [0, 0.05) is 16.3 Å². The molecule has 72 valence electrons. The molecule has 1 atom stereocenters. The van der Waals surface area contributed by atoms with E-state index in [4.69, 9.17) is 11.6 Å². The van der Waals surface area contributed by atoms with E-state index in [1.54, 1.807) is 11.3 Å². The molecule has 1 saturated carbocycles. The fourth-order valence-corrected chi connectivity index (χ4v) is 3.26. The molecule has 0 saturated heterocycles. The standard InChI is InChI=1S/C10H14ClNS/c1-7(12-2)10(5-6-10)8-3-4-9(11)13-8/h3-4,7,12H,5-6H2,1-2H3. The lowest BCUT2D eigenvalue weighted by molar-refractivity contribution is 0.486. The second-order valence-corrected chi connectivity index (χ2v) is 5.49. The highest BCUT2D eigenvalue weighted by Gasteiger charge is 2.49. The second kappa shape index (κ2) is 3.26. The topological polar surface area (TPSA) is 12.0 Å². The van der Waals surface area contributed by atoms with Gasteiger partial charge >= 0.3 is 0 Å². The first-order chi connectivity index (χ1) is 6.19. The molecule has 1 aromatic heterocycles. The van der Waals surface area contributed by atoms with Crippen LogP contribution < -0.4 is 5.32 Å². The van der Waals surface area contributed by atoms with Gasteiger partial charge in [-0.15, -0.1) is 11.3 Å². The third-order valence-electron chi connectivity index (χ3n) is 3.11. The second-order valence-electron chi connectivity index (χ2n) is 3.77. The van der Waals surface area contributed by atoms with Crippen molar-refractivity contribution in [2.24, 2.45) is 0 Å². The van der Waals surface area contributed by atoms with Crippen LogP contribution in [-0.2, 0) is 5.41 Å². The molecule has 1 aliphatic carbocycles. The third kappa shape index (κ3) is 1.51. The van der Waals surface area contributed by atoms with Crippen molar-refractivity contribution in [2.75, 3.05) is 7.05 Å². The highest BCUT2D eigenvalue weighted by molar-refractivity contribution is 7.16. The molecule has 1 unspecified atom stereocenters. The predicted octanol–water partition coefficient (Wildman–Crippen LogP) is 3.04. The SMILES string of the molecule is CNC(C)C1(c2ccc(Cl)s2)CC1. The molecular formula is C10H14ClNS. The van der Waals surface area contributed by atoms with E-state index in [-0.39, 0.29) is 0 Å². The summed E-state index contributed by atoms with van der Waals surface area (Å²) in [6.07, 6.45) is 2.59. The molecule has 1 N–H and O–H groups in total. The molecular weight excluding hydrogens is 202 g/mol. The monoisotopic (exact) mass is 215 g/mol. The van der Waals surface area contributed by atoms with Crippen LogP contribution in [-0.4, -0.2) is 13.1 Å². The predicted molar refractivity (Wildman–Crippen MR) is 58.8 cm³/mol. The molecule has 0 spiro atoms. The van der Waals surface area contributed by atoms with Crippen molar-refractivity contribution in [1.82, 2.24) is 5.32 Å². The molecule has 0 aromatic carbocycles. The van der Waals surface area contributed by atoms with Gasteiger partial charge in [0.1, 0.15) is 0 Å². The van der Waals surface area contributed by atoms with E-state index in [9.17, 15) is 0 Å². The highest BCUT2D eigenvalue weighted by Crippen LogP contribution is 2.53. The van der Waals surface area contributed by atoms with E-state index in [0.29, 0.717) is 11.5 Å². The lowest BCUT2D eigenvalue weighted by atomic mass is 9.96. The summed E-state index contributed by atoms with van der Waals surface area (Å²) in [5.74, 6) is 0. The van der Waals surface area contributed by atoms with Gasteiger partial charge in [-0.25, -0.2) is 0 Å². The number of rotatable bonds is 3. The van der Waals surface area contributed by atoms with E-state index >= 15 is 0 Å². The van der Waals surface area contributed by atoms with E-state index in [1.165, 1.54) is 17.7 Å². The average molecular weight is 216 g/mol. The molecule has 1 aromatic rings. The molecule has 1 aliphatic rings. The molecule has 2 rings (SSSR count). The Kier molecular flexibility index (Phi) is 2.39. The molecule has 1 heterocycles. The zero-order valence-electron chi connectivity index (χ0n) is 7.93. The highest BCUT2D eigenvalue weighted by atomic mass is 35.5. The summed E-state index contributed by atoms with van der Waals surface area (Å²) in [5, 5.41) is 3.34. The quantitative estimate of drug-likeness (QED) is 0.818. The maximum absolute atomic E-state index is 5.94. The zero-order valence-corrected chi connectivity index (χ0v) is 9.50. The summed E-state index contributed by atoms with van der Waals surface area (Å²) >= 11 is 7.67. The Morgan fingerprint density at radius 2 is 2.23 bits per heavy atom. The molecule has 0 amide bonds. The number of nitrogens with one attached hydrogen (secondary N) is 1. The summed E-state index contributed by atoms with van der Waals surface area (Å²) in [4.78, 5) is 1.44. The number of likely N-dealkylation sites (N-methyl/N-ethyl adjacent to an activating group) is 1. The first kappa shape index (κ1) is 9.50. The van der Waals surface area contributed by atoms with Crippen LogP contribution in [0, 0.1) is 0 Å². The van der Waals surface area contributed by atoms with Crippen LogP contribution >= 0.6 is 22.9 Å². The van der Waals surface area contributed by atoms with Crippen molar-refractivity contribution in [1.29, 1.82) is 0 Å². The zero-order chi connectivity index (χ0) is 9.47. The van der Waals surface area contributed by atoms with E-state index in [0.717, 1.165) is 4.34 Å². The van der Waals surface area contributed by atoms with E-state index in [2.05, 4.69) is 18.3 Å².